The first-order valence-corrected chi connectivity index (χ1v) is 3.73. The monoisotopic (exact) mass is 147 g/mol. The van der Waals surface area contributed by atoms with Crippen molar-refractivity contribution < 1.29 is 10.2 Å². The molecule has 0 aliphatic rings. The van der Waals surface area contributed by atoms with E-state index < -0.39 is 0 Å². The predicted molar refractivity (Wildman–Crippen MR) is 40.5 cm³/mol. The van der Waals surface area contributed by atoms with Crippen LogP contribution in [0.3, 0.4) is 0 Å². The van der Waals surface area contributed by atoms with Crippen LogP contribution in [0.1, 0.15) is 19.8 Å². The molecule has 0 heterocycles. The molecule has 2 atom stereocenters. The third-order valence-corrected chi connectivity index (χ3v) is 1.71. The Morgan fingerprint density at radius 1 is 1.30 bits per heavy atom. The maximum atomic E-state index is 8.77. The van der Waals surface area contributed by atoms with E-state index in [2.05, 4.69) is 0 Å². The van der Waals surface area contributed by atoms with Crippen LogP contribution in [-0.2, 0) is 0 Å². The molecule has 0 aromatic heterocycles. The summed E-state index contributed by atoms with van der Waals surface area (Å²) in [7, 11) is 0. The fraction of sp³-hybridized carbons (Fsp3) is 1.00. The Kier molecular flexibility index (Phi) is 5.58. The SMILES string of the molecule is CCC[C@@H](CO)[C@H](N)CO. The fourth-order valence-corrected chi connectivity index (χ4v) is 0.961. The van der Waals surface area contributed by atoms with E-state index in [1.807, 2.05) is 6.92 Å². The van der Waals surface area contributed by atoms with Crippen LogP contribution in [0, 0.1) is 5.92 Å². The highest BCUT2D eigenvalue weighted by Crippen LogP contribution is 2.08. The summed E-state index contributed by atoms with van der Waals surface area (Å²) in [6.07, 6.45) is 1.89. The average Bonchev–Trinajstić information content (AvgIpc) is 1.99. The summed E-state index contributed by atoms with van der Waals surface area (Å²) >= 11 is 0. The van der Waals surface area contributed by atoms with Gasteiger partial charge in [-0.15, -0.1) is 0 Å². The Labute approximate surface area is 61.9 Å². The van der Waals surface area contributed by atoms with Gasteiger partial charge in [-0.2, -0.15) is 0 Å². The van der Waals surface area contributed by atoms with Gasteiger partial charge in [0.15, 0.2) is 0 Å². The van der Waals surface area contributed by atoms with E-state index in [1.165, 1.54) is 0 Å². The van der Waals surface area contributed by atoms with E-state index in [0.29, 0.717) is 0 Å². The van der Waals surface area contributed by atoms with Gasteiger partial charge in [0.05, 0.1) is 6.61 Å². The highest BCUT2D eigenvalue weighted by Gasteiger charge is 2.14. The normalized spacial score (nSPS) is 16.8. The maximum Gasteiger partial charge on any atom is 0.0586 e. The lowest BCUT2D eigenvalue weighted by Crippen LogP contribution is -2.35. The van der Waals surface area contributed by atoms with Crippen LogP contribution in [-0.4, -0.2) is 29.5 Å². The molecule has 0 aliphatic heterocycles. The molecule has 0 spiro atoms. The summed E-state index contributed by atoms with van der Waals surface area (Å²) in [4.78, 5) is 0. The maximum absolute atomic E-state index is 8.77. The number of hydrogen-bond acceptors (Lipinski definition) is 3. The lowest BCUT2D eigenvalue weighted by atomic mass is 9.97. The molecule has 0 saturated heterocycles. The van der Waals surface area contributed by atoms with Gasteiger partial charge >= 0.3 is 0 Å². The minimum Gasteiger partial charge on any atom is -0.396 e. The molecule has 0 bridgehead atoms. The Morgan fingerprint density at radius 2 is 1.90 bits per heavy atom. The second kappa shape index (κ2) is 5.65. The zero-order valence-corrected chi connectivity index (χ0v) is 6.45. The summed E-state index contributed by atoms with van der Waals surface area (Å²) in [6.45, 7) is 2.08. The van der Waals surface area contributed by atoms with Crippen molar-refractivity contribution in [1.82, 2.24) is 0 Å². The summed E-state index contributed by atoms with van der Waals surface area (Å²) in [6, 6.07) is -0.259. The summed E-state index contributed by atoms with van der Waals surface area (Å²) < 4.78 is 0. The standard InChI is InChI=1S/C7H17NO2/c1-2-3-6(4-9)7(8)5-10/h6-7,9-10H,2-5,8H2,1H3/t6-,7+/m0/s1. The first-order valence-electron chi connectivity index (χ1n) is 3.73. The minimum absolute atomic E-state index is 0.0365. The van der Waals surface area contributed by atoms with Crippen molar-refractivity contribution in [3.8, 4) is 0 Å². The van der Waals surface area contributed by atoms with Gasteiger partial charge in [0.1, 0.15) is 0 Å². The number of nitrogens with two attached hydrogens (primary N) is 1. The van der Waals surface area contributed by atoms with Crippen molar-refractivity contribution >= 4 is 0 Å². The molecule has 0 fully saturated rings. The first-order chi connectivity index (χ1) is 4.76. The van der Waals surface area contributed by atoms with Gasteiger partial charge in [-0.1, -0.05) is 13.3 Å². The van der Waals surface area contributed by atoms with E-state index in [-0.39, 0.29) is 25.2 Å². The lowest BCUT2D eigenvalue weighted by Gasteiger charge is -2.18. The van der Waals surface area contributed by atoms with E-state index >= 15 is 0 Å². The van der Waals surface area contributed by atoms with Gasteiger partial charge < -0.3 is 15.9 Å². The molecule has 10 heavy (non-hydrogen) atoms. The van der Waals surface area contributed by atoms with Gasteiger partial charge in [0.25, 0.3) is 0 Å². The second-order valence-electron chi connectivity index (χ2n) is 2.58. The third kappa shape index (κ3) is 3.15. The van der Waals surface area contributed by atoms with Crippen molar-refractivity contribution in [3.05, 3.63) is 0 Å². The van der Waals surface area contributed by atoms with Gasteiger partial charge in [-0.25, -0.2) is 0 Å². The summed E-state index contributed by atoms with van der Waals surface area (Å²) in [5.74, 6) is 0.0648. The van der Waals surface area contributed by atoms with Crippen LogP contribution in [0.25, 0.3) is 0 Å². The molecular weight excluding hydrogens is 130 g/mol. The van der Waals surface area contributed by atoms with Gasteiger partial charge in [0.2, 0.25) is 0 Å². The van der Waals surface area contributed by atoms with Gasteiger partial charge in [0, 0.05) is 12.6 Å². The predicted octanol–water partition coefficient (Wildman–Crippen LogP) is -0.285. The van der Waals surface area contributed by atoms with Crippen molar-refractivity contribution in [2.75, 3.05) is 13.2 Å². The number of rotatable bonds is 5. The van der Waals surface area contributed by atoms with Gasteiger partial charge in [-0.05, 0) is 12.3 Å². The molecular formula is C7H17NO2. The first kappa shape index (κ1) is 9.88. The number of aliphatic hydroxyl groups excluding tert-OH is 2. The molecule has 0 unspecified atom stereocenters. The molecule has 0 saturated carbocycles. The molecule has 0 rings (SSSR count). The van der Waals surface area contributed by atoms with Crippen LogP contribution in [0.15, 0.2) is 0 Å². The molecule has 3 heteroatoms. The van der Waals surface area contributed by atoms with E-state index in [4.69, 9.17) is 15.9 Å². The van der Waals surface area contributed by atoms with Crippen LogP contribution in [0.5, 0.6) is 0 Å². The lowest BCUT2D eigenvalue weighted by molar-refractivity contribution is 0.154. The third-order valence-electron chi connectivity index (χ3n) is 1.71. The van der Waals surface area contributed by atoms with Crippen LogP contribution in [0.2, 0.25) is 0 Å². The Morgan fingerprint density at radius 3 is 2.20 bits per heavy atom. The molecule has 62 valence electrons. The zero-order chi connectivity index (χ0) is 7.98. The van der Waals surface area contributed by atoms with Gasteiger partial charge in [-0.3, -0.25) is 0 Å². The van der Waals surface area contributed by atoms with Crippen LogP contribution >= 0.6 is 0 Å². The average molecular weight is 147 g/mol. The molecule has 0 aromatic rings. The van der Waals surface area contributed by atoms with E-state index in [0.717, 1.165) is 12.8 Å². The molecule has 3 nitrogen and oxygen atoms in total. The Bertz CT molecular complexity index is 78.0. The van der Waals surface area contributed by atoms with Crippen LogP contribution < -0.4 is 5.73 Å². The quantitative estimate of drug-likeness (QED) is 0.501. The smallest absolute Gasteiger partial charge is 0.0586 e. The largest absolute Gasteiger partial charge is 0.396 e. The topological polar surface area (TPSA) is 66.5 Å². The van der Waals surface area contributed by atoms with Crippen molar-refractivity contribution in [1.29, 1.82) is 0 Å². The number of hydrogen-bond donors (Lipinski definition) is 3. The second-order valence-corrected chi connectivity index (χ2v) is 2.58. The highest BCUT2D eigenvalue weighted by atomic mass is 16.3. The number of aliphatic hydroxyl groups is 2. The van der Waals surface area contributed by atoms with Crippen LogP contribution in [0.4, 0.5) is 0 Å². The Hall–Kier alpha value is -0.120. The van der Waals surface area contributed by atoms with Crippen molar-refractivity contribution in [2.24, 2.45) is 11.7 Å². The molecule has 0 aliphatic carbocycles. The highest BCUT2D eigenvalue weighted by molar-refractivity contribution is 4.70. The molecule has 0 amide bonds. The summed E-state index contributed by atoms with van der Waals surface area (Å²) in [5, 5.41) is 17.4. The van der Waals surface area contributed by atoms with E-state index in [9.17, 15) is 0 Å². The molecule has 0 aromatic carbocycles. The molecule has 4 N–H and O–H groups in total. The van der Waals surface area contributed by atoms with E-state index in [1.54, 1.807) is 0 Å². The summed E-state index contributed by atoms with van der Waals surface area (Å²) in [5.41, 5.74) is 5.50. The van der Waals surface area contributed by atoms with Crippen molar-refractivity contribution in [3.63, 3.8) is 0 Å². The minimum atomic E-state index is -0.259. The zero-order valence-electron chi connectivity index (χ0n) is 6.45. The molecule has 0 radical (unpaired) electrons. The van der Waals surface area contributed by atoms with Crippen molar-refractivity contribution in [2.45, 2.75) is 25.8 Å². The fourth-order valence-electron chi connectivity index (χ4n) is 0.961. The Balaban J connectivity index is 3.56.